The van der Waals surface area contributed by atoms with Crippen LogP contribution in [0.2, 0.25) is 0 Å². The van der Waals surface area contributed by atoms with Crippen LogP contribution in [0, 0.1) is 0 Å². The summed E-state index contributed by atoms with van der Waals surface area (Å²) in [6.45, 7) is 2.63. The number of halogens is 3. The fraction of sp³-hybridized carbons (Fsp3) is 0.263. The number of aromatic nitrogens is 2. The van der Waals surface area contributed by atoms with E-state index in [1.165, 1.54) is 18.3 Å². The molecule has 0 saturated carbocycles. The number of alkyl halides is 3. The second-order valence-electron chi connectivity index (χ2n) is 6.55. The summed E-state index contributed by atoms with van der Waals surface area (Å²) in [7, 11) is -4.17. The Kier molecular flexibility index (Phi) is 6.89. The molecular formula is C19H19F3N4O5S. The van der Waals surface area contributed by atoms with Gasteiger partial charge in [-0.3, -0.25) is 9.78 Å². The normalized spacial score (nSPS) is 14.5. The second kappa shape index (κ2) is 9.44. The van der Waals surface area contributed by atoms with Crippen LogP contribution in [0.25, 0.3) is 11.0 Å². The first-order valence-electron chi connectivity index (χ1n) is 9.28. The number of hydrogen-bond acceptors (Lipinski definition) is 7. The SMILES string of the molecule is O=CO.O=S(=O)(c1cccc(OC(F)(F)F)c1)n1cc(N2CCNCC2)c2ncccc21. The molecule has 0 aliphatic carbocycles. The van der Waals surface area contributed by atoms with Crippen molar-refractivity contribution in [3.05, 3.63) is 48.8 Å². The van der Waals surface area contributed by atoms with Gasteiger partial charge >= 0.3 is 6.36 Å². The maximum Gasteiger partial charge on any atom is 0.573 e. The van der Waals surface area contributed by atoms with Crippen LogP contribution in [0.4, 0.5) is 18.9 Å². The zero-order chi connectivity index (χ0) is 23.4. The molecule has 32 heavy (non-hydrogen) atoms. The number of carbonyl (C=O) groups is 1. The van der Waals surface area contributed by atoms with Gasteiger partial charge in [0.15, 0.2) is 0 Å². The van der Waals surface area contributed by atoms with Gasteiger partial charge in [-0.2, -0.15) is 0 Å². The largest absolute Gasteiger partial charge is 0.573 e. The first kappa shape index (κ1) is 23.3. The predicted octanol–water partition coefficient (Wildman–Crippen LogP) is 2.28. The standard InChI is InChI=1S/C18H17F3N4O3S.CH2O2/c19-18(20,21)28-13-3-1-4-14(11-13)29(26,27)25-12-16(24-9-7-22-8-10-24)17-15(25)5-2-6-23-17;2-1-3/h1-6,11-12,22H,7-10H2;1H,(H,2,3). The van der Waals surface area contributed by atoms with E-state index >= 15 is 0 Å². The van der Waals surface area contributed by atoms with E-state index in [0.717, 1.165) is 29.2 Å². The highest BCUT2D eigenvalue weighted by Gasteiger charge is 2.32. The minimum Gasteiger partial charge on any atom is -0.483 e. The third-order valence-electron chi connectivity index (χ3n) is 4.56. The molecule has 0 radical (unpaired) electrons. The minimum absolute atomic E-state index is 0.250. The van der Waals surface area contributed by atoms with E-state index in [2.05, 4.69) is 15.0 Å². The second-order valence-corrected chi connectivity index (χ2v) is 8.37. The van der Waals surface area contributed by atoms with Crippen LogP contribution in [0.5, 0.6) is 5.75 Å². The summed E-state index contributed by atoms with van der Waals surface area (Å²) >= 11 is 0. The van der Waals surface area contributed by atoms with Crippen LogP contribution >= 0.6 is 0 Å². The zero-order valence-electron chi connectivity index (χ0n) is 16.5. The van der Waals surface area contributed by atoms with E-state index in [9.17, 15) is 21.6 Å². The van der Waals surface area contributed by atoms with Gasteiger partial charge in [-0.1, -0.05) is 6.07 Å². The quantitative estimate of drug-likeness (QED) is 0.556. The number of rotatable bonds is 4. The van der Waals surface area contributed by atoms with E-state index < -0.39 is 22.1 Å². The van der Waals surface area contributed by atoms with Gasteiger partial charge in [-0.25, -0.2) is 12.4 Å². The average Bonchev–Trinajstić information content (AvgIpc) is 3.14. The Morgan fingerprint density at radius 3 is 2.50 bits per heavy atom. The molecule has 0 amide bonds. The minimum atomic E-state index is -4.91. The van der Waals surface area contributed by atoms with Crippen molar-refractivity contribution in [1.82, 2.24) is 14.3 Å². The average molecular weight is 472 g/mol. The Morgan fingerprint density at radius 1 is 1.16 bits per heavy atom. The Balaban J connectivity index is 0.000000913. The summed E-state index contributed by atoms with van der Waals surface area (Å²) in [6.07, 6.45) is -1.87. The molecule has 4 rings (SSSR count). The fourth-order valence-corrected chi connectivity index (χ4v) is 4.68. The molecule has 13 heteroatoms. The Morgan fingerprint density at radius 2 is 1.84 bits per heavy atom. The van der Waals surface area contributed by atoms with Crippen LogP contribution in [0.15, 0.2) is 53.7 Å². The molecule has 2 aromatic heterocycles. The molecule has 1 fully saturated rings. The number of anilines is 1. The van der Waals surface area contributed by atoms with Crippen LogP contribution in [0.1, 0.15) is 0 Å². The highest BCUT2D eigenvalue weighted by molar-refractivity contribution is 7.90. The van der Waals surface area contributed by atoms with E-state index in [0.29, 0.717) is 29.8 Å². The highest BCUT2D eigenvalue weighted by atomic mass is 32.2. The lowest BCUT2D eigenvalue weighted by Gasteiger charge is -2.28. The summed E-state index contributed by atoms with van der Waals surface area (Å²) in [5.41, 5.74) is 1.53. The molecule has 1 aromatic carbocycles. The lowest BCUT2D eigenvalue weighted by molar-refractivity contribution is -0.274. The van der Waals surface area contributed by atoms with Crippen molar-refractivity contribution in [1.29, 1.82) is 0 Å². The number of carboxylic acid groups (broad SMARTS) is 1. The first-order chi connectivity index (χ1) is 15.2. The van der Waals surface area contributed by atoms with Crippen molar-refractivity contribution in [3.8, 4) is 5.75 Å². The van der Waals surface area contributed by atoms with E-state index in [1.807, 2.05) is 4.90 Å². The lowest BCUT2D eigenvalue weighted by Crippen LogP contribution is -2.43. The van der Waals surface area contributed by atoms with Gasteiger partial charge in [0.05, 0.1) is 16.1 Å². The molecule has 3 aromatic rings. The molecule has 2 N–H and O–H groups in total. The predicted molar refractivity (Wildman–Crippen MR) is 109 cm³/mol. The van der Waals surface area contributed by atoms with Crippen LogP contribution < -0.4 is 15.0 Å². The molecule has 3 heterocycles. The number of nitrogens with zero attached hydrogens (tertiary/aromatic N) is 3. The summed E-state index contributed by atoms with van der Waals surface area (Å²) in [4.78, 5) is 14.4. The van der Waals surface area contributed by atoms with Gasteiger partial charge in [-0.05, 0) is 24.3 Å². The Bertz CT molecular complexity index is 1190. The smallest absolute Gasteiger partial charge is 0.483 e. The number of benzene rings is 1. The third-order valence-corrected chi connectivity index (χ3v) is 6.23. The van der Waals surface area contributed by atoms with Crippen LogP contribution in [0.3, 0.4) is 0 Å². The van der Waals surface area contributed by atoms with Crippen molar-refractivity contribution in [2.24, 2.45) is 0 Å². The molecule has 1 aliphatic rings. The van der Waals surface area contributed by atoms with Crippen LogP contribution in [-0.4, -0.2) is 61.5 Å². The maximum absolute atomic E-state index is 13.2. The number of ether oxygens (including phenoxy) is 1. The summed E-state index contributed by atoms with van der Waals surface area (Å²) in [5.74, 6) is -0.601. The van der Waals surface area contributed by atoms with Gasteiger partial charge in [0, 0.05) is 44.6 Å². The summed E-state index contributed by atoms with van der Waals surface area (Å²) in [6, 6.07) is 7.56. The number of hydrogen-bond donors (Lipinski definition) is 2. The molecule has 0 unspecified atom stereocenters. The van der Waals surface area contributed by atoms with Gasteiger partial charge < -0.3 is 20.1 Å². The fourth-order valence-electron chi connectivity index (χ4n) is 3.30. The van der Waals surface area contributed by atoms with Crippen molar-refractivity contribution in [2.75, 3.05) is 31.1 Å². The maximum atomic E-state index is 13.2. The zero-order valence-corrected chi connectivity index (χ0v) is 17.3. The Labute approximate surface area is 181 Å². The van der Waals surface area contributed by atoms with Crippen molar-refractivity contribution < 1.29 is 36.2 Å². The van der Waals surface area contributed by atoms with Crippen LogP contribution in [-0.2, 0) is 14.8 Å². The molecule has 172 valence electrons. The number of pyridine rings is 1. The van der Waals surface area contributed by atoms with Gasteiger partial charge in [-0.15, -0.1) is 13.2 Å². The van der Waals surface area contributed by atoms with Gasteiger partial charge in [0.1, 0.15) is 11.3 Å². The summed E-state index contributed by atoms with van der Waals surface area (Å²) < 4.78 is 68.9. The molecule has 0 bridgehead atoms. The molecule has 0 spiro atoms. The van der Waals surface area contributed by atoms with Gasteiger partial charge in [0.2, 0.25) is 0 Å². The molecule has 0 atom stereocenters. The molecule has 9 nitrogen and oxygen atoms in total. The van der Waals surface area contributed by atoms with E-state index in [1.54, 1.807) is 18.3 Å². The van der Waals surface area contributed by atoms with Crippen molar-refractivity contribution in [3.63, 3.8) is 0 Å². The molecular weight excluding hydrogens is 453 g/mol. The Hall–Kier alpha value is -3.32. The topological polar surface area (TPSA) is 114 Å². The first-order valence-corrected chi connectivity index (χ1v) is 10.7. The van der Waals surface area contributed by atoms with Crippen molar-refractivity contribution in [2.45, 2.75) is 11.3 Å². The number of fused-ring (bicyclic) bond motifs is 1. The lowest BCUT2D eigenvalue weighted by atomic mass is 10.3. The van der Waals surface area contributed by atoms with Gasteiger partial charge in [0.25, 0.3) is 16.5 Å². The van der Waals surface area contributed by atoms with E-state index in [4.69, 9.17) is 9.90 Å². The summed E-state index contributed by atoms with van der Waals surface area (Å²) in [5, 5.41) is 10.1. The third kappa shape index (κ3) is 5.11. The molecule has 1 saturated heterocycles. The number of piperazine rings is 1. The monoisotopic (exact) mass is 472 g/mol. The number of nitrogens with one attached hydrogen (secondary N) is 1. The molecule has 1 aliphatic heterocycles. The highest BCUT2D eigenvalue weighted by Crippen LogP contribution is 2.32. The van der Waals surface area contributed by atoms with Crippen molar-refractivity contribution >= 4 is 33.2 Å². The van der Waals surface area contributed by atoms with E-state index in [-0.39, 0.29) is 11.4 Å².